The van der Waals surface area contributed by atoms with Gasteiger partial charge in [0, 0.05) is 30.7 Å². The first-order valence-corrected chi connectivity index (χ1v) is 12.6. The van der Waals surface area contributed by atoms with Gasteiger partial charge >= 0.3 is 0 Å². The van der Waals surface area contributed by atoms with Gasteiger partial charge in [0.2, 0.25) is 10.0 Å². The molecule has 2 aromatic carbocycles. The van der Waals surface area contributed by atoms with Crippen LogP contribution in [0.15, 0.2) is 52.2 Å². The summed E-state index contributed by atoms with van der Waals surface area (Å²) in [5.74, 6) is -0.361. The first kappa shape index (κ1) is 24.1. The lowest BCUT2D eigenvalue weighted by Gasteiger charge is -2.26. The highest BCUT2D eigenvalue weighted by molar-refractivity contribution is 7.89. The highest BCUT2D eigenvalue weighted by Gasteiger charge is 2.28. The van der Waals surface area contributed by atoms with Gasteiger partial charge in [0.15, 0.2) is 5.69 Å². The summed E-state index contributed by atoms with van der Waals surface area (Å²) >= 11 is 0. The summed E-state index contributed by atoms with van der Waals surface area (Å²) in [6.07, 6.45) is 0. The third kappa shape index (κ3) is 4.75. The van der Waals surface area contributed by atoms with E-state index in [4.69, 9.17) is 4.74 Å². The highest BCUT2D eigenvalue weighted by Crippen LogP contribution is 2.25. The van der Waals surface area contributed by atoms with Gasteiger partial charge in [-0.1, -0.05) is 38.1 Å². The van der Waals surface area contributed by atoms with Crippen LogP contribution in [0.4, 0.5) is 5.69 Å². The van der Waals surface area contributed by atoms with Crippen LogP contribution in [-0.4, -0.2) is 54.7 Å². The Bertz CT molecular complexity index is 1390. The lowest BCUT2D eigenvalue weighted by Crippen LogP contribution is -2.40. The molecule has 1 aliphatic heterocycles. The fourth-order valence-corrected chi connectivity index (χ4v) is 5.60. The number of carbonyl (C=O) groups is 1. The number of nitrogens with zero attached hydrogens (tertiary/aromatic N) is 3. The standard InChI is InChI=1S/C24H28N4O5S/c1-16(2)15-28-24(30)20-7-5-4-6-19(20)22(26-28)23(29)25-18-9-8-17(3)21(14-18)34(31,32)27-10-12-33-13-11-27/h4-9,14,16H,10-13,15H2,1-3H3,(H,25,29). The van der Waals surface area contributed by atoms with Crippen molar-refractivity contribution in [3.05, 3.63) is 64.1 Å². The molecule has 0 aliphatic carbocycles. The normalized spacial score (nSPS) is 15.1. The summed E-state index contributed by atoms with van der Waals surface area (Å²) in [5.41, 5.74) is 0.762. The molecule has 9 nitrogen and oxygen atoms in total. The summed E-state index contributed by atoms with van der Waals surface area (Å²) in [6, 6.07) is 11.6. The van der Waals surface area contributed by atoms with Gasteiger partial charge in [-0.25, -0.2) is 13.1 Å². The number of rotatable bonds is 6. The zero-order valence-corrected chi connectivity index (χ0v) is 20.3. The van der Waals surface area contributed by atoms with Crippen LogP contribution in [-0.2, 0) is 21.3 Å². The monoisotopic (exact) mass is 484 g/mol. The average molecular weight is 485 g/mol. The molecular formula is C24H28N4O5S. The highest BCUT2D eigenvalue weighted by atomic mass is 32.2. The number of sulfonamides is 1. The van der Waals surface area contributed by atoms with Crippen LogP contribution >= 0.6 is 0 Å². The Morgan fingerprint density at radius 3 is 2.47 bits per heavy atom. The second kappa shape index (κ2) is 9.65. The van der Waals surface area contributed by atoms with E-state index in [0.717, 1.165) is 0 Å². The van der Waals surface area contributed by atoms with E-state index in [0.29, 0.717) is 41.8 Å². The minimum atomic E-state index is -3.74. The number of amides is 1. The molecule has 1 aromatic heterocycles. The van der Waals surface area contributed by atoms with Crippen LogP contribution in [0.2, 0.25) is 0 Å². The summed E-state index contributed by atoms with van der Waals surface area (Å²) in [4.78, 5) is 26.2. The van der Waals surface area contributed by atoms with Crippen molar-refractivity contribution >= 4 is 32.4 Å². The smallest absolute Gasteiger partial charge is 0.276 e. The van der Waals surface area contributed by atoms with Gasteiger partial charge in [0.25, 0.3) is 11.5 Å². The van der Waals surface area contributed by atoms with Crippen LogP contribution in [0.1, 0.15) is 29.9 Å². The van der Waals surface area contributed by atoms with Gasteiger partial charge in [0.1, 0.15) is 0 Å². The maximum absolute atomic E-state index is 13.3. The van der Waals surface area contributed by atoms with E-state index in [1.54, 1.807) is 43.3 Å². The van der Waals surface area contributed by atoms with E-state index >= 15 is 0 Å². The van der Waals surface area contributed by atoms with Gasteiger partial charge in [-0.2, -0.15) is 9.40 Å². The molecule has 1 amide bonds. The molecule has 0 atom stereocenters. The van der Waals surface area contributed by atoms with Crippen molar-refractivity contribution in [3.63, 3.8) is 0 Å². The number of anilines is 1. The first-order valence-electron chi connectivity index (χ1n) is 11.2. The van der Waals surface area contributed by atoms with E-state index in [-0.39, 0.29) is 35.2 Å². The lowest BCUT2D eigenvalue weighted by atomic mass is 10.1. The number of fused-ring (bicyclic) bond motifs is 1. The van der Waals surface area contributed by atoms with Crippen molar-refractivity contribution in [2.75, 3.05) is 31.6 Å². The number of carbonyl (C=O) groups excluding carboxylic acids is 1. The zero-order valence-electron chi connectivity index (χ0n) is 19.4. The maximum Gasteiger partial charge on any atom is 0.276 e. The van der Waals surface area contributed by atoms with Crippen LogP contribution < -0.4 is 10.9 Å². The zero-order chi connectivity index (χ0) is 24.5. The molecule has 10 heteroatoms. The summed E-state index contributed by atoms with van der Waals surface area (Å²) in [7, 11) is -3.74. The number of hydrogen-bond donors (Lipinski definition) is 1. The first-order chi connectivity index (χ1) is 16.2. The summed E-state index contributed by atoms with van der Waals surface area (Å²) in [6.45, 7) is 7.28. The Kier molecular flexibility index (Phi) is 6.83. The van der Waals surface area contributed by atoms with E-state index in [1.165, 1.54) is 15.1 Å². The van der Waals surface area contributed by atoms with Crippen molar-refractivity contribution in [2.24, 2.45) is 5.92 Å². The quantitative estimate of drug-likeness (QED) is 0.576. The van der Waals surface area contributed by atoms with Crippen LogP contribution in [0.25, 0.3) is 10.8 Å². The third-order valence-electron chi connectivity index (χ3n) is 5.65. The molecule has 1 saturated heterocycles. The fourth-order valence-electron chi connectivity index (χ4n) is 3.94. The minimum Gasteiger partial charge on any atom is -0.379 e. The molecule has 0 saturated carbocycles. The molecule has 34 heavy (non-hydrogen) atoms. The number of benzene rings is 2. The van der Waals surface area contributed by atoms with Crippen molar-refractivity contribution in [2.45, 2.75) is 32.2 Å². The molecule has 0 unspecified atom stereocenters. The Morgan fingerprint density at radius 2 is 1.79 bits per heavy atom. The molecule has 1 aliphatic rings. The topological polar surface area (TPSA) is 111 Å². The summed E-state index contributed by atoms with van der Waals surface area (Å²) in [5, 5.41) is 7.97. The Hall–Kier alpha value is -3.08. The second-order valence-electron chi connectivity index (χ2n) is 8.73. The molecule has 180 valence electrons. The molecular weight excluding hydrogens is 456 g/mol. The predicted octanol–water partition coefficient (Wildman–Crippen LogP) is 2.63. The number of ether oxygens (including phenoxy) is 1. The van der Waals surface area contributed by atoms with E-state index in [1.807, 2.05) is 13.8 Å². The fraction of sp³-hybridized carbons (Fsp3) is 0.375. The van der Waals surface area contributed by atoms with E-state index in [2.05, 4.69) is 10.4 Å². The van der Waals surface area contributed by atoms with Crippen molar-refractivity contribution in [3.8, 4) is 0 Å². The minimum absolute atomic E-state index is 0.106. The predicted molar refractivity (Wildman–Crippen MR) is 130 cm³/mol. The molecule has 2 heterocycles. The Balaban J connectivity index is 1.71. The van der Waals surface area contributed by atoms with Gasteiger partial charge in [0.05, 0.1) is 23.5 Å². The molecule has 4 rings (SSSR count). The van der Waals surface area contributed by atoms with Gasteiger partial charge in [-0.05, 0) is 36.6 Å². The molecule has 3 aromatic rings. The number of nitrogens with one attached hydrogen (secondary N) is 1. The molecule has 0 radical (unpaired) electrons. The van der Waals surface area contributed by atoms with Crippen molar-refractivity contribution in [1.29, 1.82) is 0 Å². The van der Waals surface area contributed by atoms with Gasteiger partial charge in [-0.15, -0.1) is 0 Å². The average Bonchev–Trinajstić information content (AvgIpc) is 2.82. The van der Waals surface area contributed by atoms with Crippen molar-refractivity contribution < 1.29 is 17.9 Å². The lowest BCUT2D eigenvalue weighted by molar-refractivity contribution is 0.0730. The third-order valence-corrected chi connectivity index (χ3v) is 7.70. The largest absolute Gasteiger partial charge is 0.379 e. The Morgan fingerprint density at radius 1 is 1.12 bits per heavy atom. The van der Waals surface area contributed by atoms with Gasteiger partial charge < -0.3 is 10.1 Å². The summed E-state index contributed by atoms with van der Waals surface area (Å²) < 4.78 is 34.3. The van der Waals surface area contributed by atoms with Crippen molar-refractivity contribution in [1.82, 2.24) is 14.1 Å². The second-order valence-corrected chi connectivity index (χ2v) is 10.6. The SMILES string of the molecule is Cc1ccc(NC(=O)c2nn(CC(C)C)c(=O)c3ccccc23)cc1S(=O)(=O)N1CCOCC1. The molecule has 1 N–H and O–H groups in total. The number of aryl methyl sites for hydroxylation is 1. The van der Waals surface area contributed by atoms with Crippen LogP contribution in [0.5, 0.6) is 0 Å². The number of morpholine rings is 1. The van der Waals surface area contributed by atoms with Gasteiger partial charge in [-0.3, -0.25) is 9.59 Å². The number of hydrogen-bond acceptors (Lipinski definition) is 6. The van der Waals surface area contributed by atoms with Crippen LogP contribution in [0.3, 0.4) is 0 Å². The van der Waals surface area contributed by atoms with E-state index < -0.39 is 15.9 Å². The van der Waals surface area contributed by atoms with E-state index in [9.17, 15) is 18.0 Å². The molecule has 1 fully saturated rings. The number of aromatic nitrogens is 2. The Labute approximate surface area is 198 Å². The van der Waals surface area contributed by atoms with Crippen LogP contribution in [0, 0.1) is 12.8 Å². The molecule has 0 bridgehead atoms. The molecule has 0 spiro atoms. The maximum atomic E-state index is 13.3.